The van der Waals surface area contributed by atoms with Crippen molar-refractivity contribution in [2.45, 2.75) is 52.5 Å². The Bertz CT molecular complexity index is 410. The third kappa shape index (κ3) is 3.11. The summed E-state index contributed by atoms with van der Waals surface area (Å²) in [6.07, 6.45) is 5.01. The standard InChI is InChI=1S/C17H28N2/c1-4-13(5-2)12-19(6-3)17-10-7-14-11-15(18)8-9-16(14)17/h8-9,11,13,17H,4-7,10,12,18H2,1-3H3. The van der Waals surface area contributed by atoms with Crippen LogP contribution >= 0.6 is 0 Å². The number of nitrogens with two attached hydrogens (primary N) is 1. The average Bonchev–Trinajstić information content (AvgIpc) is 2.83. The minimum Gasteiger partial charge on any atom is -0.399 e. The Kier molecular flexibility index (Phi) is 4.87. The predicted molar refractivity (Wildman–Crippen MR) is 83.2 cm³/mol. The van der Waals surface area contributed by atoms with Crippen LogP contribution in [0.5, 0.6) is 0 Å². The zero-order chi connectivity index (χ0) is 13.8. The van der Waals surface area contributed by atoms with E-state index >= 15 is 0 Å². The van der Waals surface area contributed by atoms with Gasteiger partial charge in [-0.1, -0.05) is 39.7 Å². The molecule has 1 aromatic carbocycles. The average molecular weight is 260 g/mol. The number of nitrogens with zero attached hydrogens (tertiary/aromatic N) is 1. The van der Waals surface area contributed by atoms with Gasteiger partial charge in [-0.25, -0.2) is 0 Å². The van der Waals surface area contributed by atoms with Crippen LogP contribution in [0.4, 0.5) is 5.69 Å². The summed E-state index contributed by atoms with van der Waals surface area (Å²) >= 11 is 0. The second-order valence-corrected chi connectivity index (χ2v) is 5.78. The topological polar surface area (TPSA) is 29.3 Å². The molecule has 19 heavy (non-hydrogen) atoms. The molecule has 1 atom stereocenters. The van der Waals surface area contributed by atoms with Crippen LogP contribution in [0.3, 0.4) is 0 Å². The normalized spacial score (nSPS) is 18.3. The molecule has 0 aliphatic heterocycles. The van der Waals surface area contributed by atoms with E-state index in [2.05, 4.69) is 43.9 Å². The van der Waals surface area contributed by atoms with Crippen LogP contribution in [0.25, 0.3) is 0 Å². The number of nitrogen functional groups attached to an aromatic ring is 1. The molecular weight excluding hydrogens is 232 g/mol. The molecule has 106 valence electrons. The summed E-state index contributed by atoms with van der Waals surface area (Å²) in [7, 11) is 0. The summed E-state index contributed by atoms with van der Waals surface area (Å²) in [5.41, 5.74) is 9.78. The Morgan fingerprint density at radius 2 is 2.00 bits per heavy atom. The number of hydrogen-bond donors (Lipinski definition) is 1. The molecule has 0 amide bonds. The second-order valence-electron chi connectivity index (χ2n) is 5.78. The van der Waals surface area contributed by atoms with E-state index in [1.54, 1.807) is 0 Å². The number of benzene rings is 1. The first-order valence-electron chi connectivity index (χ1n) is 7.81. The Morgan fingerprint density at radius 1 is 1.26 bits per heavy atom. The van der Waals surface area contributed by atoms with Crippen LogP contribution in [0.2, 0.25) is 0 Å². The summed E-state index contributed by atoms with van der Waals surface area (Å²) in [6, 6.07) is 7.08. The van der Waals surface area contributed by atoms with Crippen molar-refractivity contribution in [3.8, 4) is 0 Å². The van der Waals surface area contributed by atoms with E-state index in [0.29, 0.717) is 6.04 Å². The van der Waals surface area contributed by atoms with E-state index in [-0.39, 0.29) is 0 Å². The molecule has 0 saturated carbocycles. The Balaban J connectivity index is 2.14. The minimum absolute atomic E-state index is 0.612. The molecule has 2 heteroatoms. The van der Waals surface area contributed by atoms with E-state index in [1.807, 2.05) is 0 Å². The summed E-state index contributed by atoms with van der Waals surface area (Å²) in [6.45, 7) is 9.29. The van der Waals surface area contributed by atoms with Gasteiger partial charge in [0.05, 0.1) is 0 Å². The van der Waals surface area contributed by atoms with Crippen LogP contribution < -0.4 is 5.73 Å². The SMILES string of the molecule is CCC(CC)CN(CC)C1CCc2cc(N)ccc21. The fourth-order valence-corrected chi connectivity index (χ4v) is 3.35. The lowest BCUT2D eigenvalue weighted by molar-refractivity contribution is 0.170. The summed E-state index contributed by atoms with van der Waals surface area (Å²) in [4.78, 5) is 2.67. The third-order valence-electron chi connectivity index (χ3n) is 4.71. The van der Waals surface area contributed by atoms with Crippen molar-refractivity contribution in [3.63, 3.8) is 0 Å². The molecule has 0 radical (unpaired) electrons. The van der Waals surface area contributed by atoms with Crippen molar-refractivity contribution >= 4 is 5.69 Å². The highest BCUT2D eigenvalue weighted by molar-refractivity contribution is 5.47. The van der Waals surface area contributed by atoms with Crippen LogP contribution in [-0.4, -0.2) is 18.0 Å². The number of rotatable bonds is 6. The molecule has 1 aromatic rings. The third-order valence-corrected chi connectivity index (χ3v) is 4.71. The van der Waals surface area contributed by atoms with Crippen LogP contribution in [0, 0.1) is 5.92 Å². The fraction of sp³-hybridized carbons (Fsp3) is 0.647. The van der Waals surface area contributed by atoms with Gasteiger partial charge in [0.1, 0.15) is 0 Å². The first-order valence-corrected chi connectivity index (χ1v) is 7.81. The van der Waals surface area contributed by atoms with Gasteiger partial charge in [0.25, 0.3) is 0 Å². The Morgan fingerprint density at radius 3 is 2.63 bits per heavy atom. The molecule has 1 unspecified atom stereocenters. The molecule has 0 fully saturated rings. The van der Waals surface area contributed by atoms with Crippen molar-refractivity contribution in [1.82, 2.24) is 4.90 Å². The van der Waals surface area contributed by atoms with Gasteiger partial charge >= 0.3 is 0 Å². The largest absolute Gasteiger partial charge is 0.399 e. The van der Waals surface area contributed by atoms with Gasteiger partial charge in [-0.2, -0.15) is 0 Å². The Labute approximate surface area is 118 Å². The van der Waals surface area contributed by atoms with Gasteiger partial charge in [-0.3, -0.25) is 4.90 Å². The summed E-state index contributed by atoms with van der Waals surface area (Å²) in [5.74, 6) is 0.831. The van der Waals surface area contributed by atoms with E-state index in [9.17, 15) is 0 Å². The molecular formula is C17H28N2. The highest BCUT2D eigenvalue weighted by Crippen LogP contribution is 2.37. The number of hydrogen-bond acceptors (Lipinski definition) is 2. The lowest BCUT2D eigenvalue weighted by Gasteiger charge is -2.31. The monoisotopic (exact) mass is 260 g/mol. The zero-order valence-corrected chi connectivity index (χ0v) is 12.7. The van der Waals surface area contributed by atoms with Gasteiger partial charge < -0.3 is 5.73 Å². The van der Waals surface area contributed by atoms with Crippen molar-refractivity contribution in [2.75, 3.05) is 18.8 Å². The van der Waals surface area contributed by atoms with Gasteiger partial charge in [-0.05, 0) is 48.6 Å². The molecule has 1 aliphatic carbocycles. The summed E-state index contributed by atoms with van der Waals surface area (Å²) < 4.78 is 0. The highest BCUT2D eigenvalue weighted by atomic mass is 15.2. The van der Waals surface area contributed by atoms with Gasteiger partial charge in [0.2, 0.25) is 0 Å². The predicted octanol–water partition coefficient (Wildman–Crippen LogP) is 4.01. The quantitative estimate of drug-likeness (QED) is 0.783. The molecule has 0 spiro atoms. The van der Waals surface area contributed by atoms with Gasteiger partial charge in [0.15, 0.2) is 0 Å². The molecule has 0 heterocycles. The second kappa shape index (κ2) is 6.42. The van der Waals surface area contributed by atoms with Gasteiger partial charge in [0, 0.05) is 18.3 Å². The molecule has 2 rings (SSSR count). The lowest BCUT2D eigenvalue weighted by atomic mass is 10.00. The lowest BCUT2D eigenvalue weighted by Crippen LogP contribution is -2.32. The van der Waals surface area contributed by atoms with Crippen molar-refractivity contribution in [2.24, 2.45) is 5.92 Å². The number of fused-ring (bicyclic) bond motifs is 1. The zero-order valence-electron chi connectivity index (χ0n) is 12.7. The number of aryl methyl sites for hydroxylation is 1. The molecule has 0 aromatic heterocycles. The molecule has 0 bridgehead atoms. The number of anilines is 1. The maximum atomic E-state index is 5.90. The van der Waals surface area contributed by atoms with E-state index in [0.717, 1.165) is 18.2 Å². The first kappa shape index (κ1) is 14.4. The van der Waals surface area contributed by atoms with Crippen molar-refractivity contribution in [3.05, 3.63) is 29.3 Å². The van der Waals surface area contributed by atoms with Gasteiger partial charge in [-0.15, -0.1) is 0 Å². The maximum Gasteiger partial charge on any atom is 0.0354 e. The van der Waals surface area contributed by atoms with E-state index < -0.39 is 0 Å². The van der Waals surface area contributed by atoms with Crippen LogP contribution in [0.1, 0.15) is 57.2 Å². The maximum absolute atomic E-state index is 5.90. The van der Waals surface area contributed by atoms with Crippen LogP contribution in [-0.2, 0) is 6.42 Å². The van der Waals surface area contributed by atoms with E-state index in [4.69, 9.17) is 5.73 Å². The highest BCUT2D eigenvalue weighted by Gasteiger charge is 2.27. The Hall–Kier alpha value is -1.02. The van der Waals surface area contributed by atoms with Crippen LogP contribution in [0.15, 0.2) is 18.2 Å². The molecule has 0 saturated heterocycles. The first-order chi connectivity index (χ1) is 9.19. The summed E-state index contributed by atoms with van der Waals surface area (Å²) in [5, 5.41) is 0. The molecule has 2 nitrogen and oxygen atoms in total. The van der Waals surface area contributed by atoms with Crippen molar-refractivity contribution < 1.29 is 0 Å². The van der Waals surface area contributed by atoms with E-state index in [1.165, 1.54) is 43.4 Å². The molecule has 2 N–H and O–H groups in total. The fourth-order valence-electron chi connectivity index (χ4n) is 3.35. The molecule has 1 aliphatic rings. The smallest absolute Gasteiger partial charge is 0.0354 e. The minimum atomic E-state index is 0.612. The van der Waals surface area contributed by atoms with Crippen molar-refractivity contribution in [1.29, 1.82) is 0 Å².